The number of nitrogens with zero attached hydrogens (tertiary/aromatic N) is 3. The van der Waals surface area contributed by atoms with Crippen molar-refractivity contribution in [1.29, 1.82) is 0 Å². The first-order valence-corrected chi connectivity index (χ1v) is 8.98. The van der Waals surface area contributed by atoms with Gasteiger partial charge in [0, 0.05) is 12.8 Å². The summed E-state index contributed by atoms with van der Waals surface area (Å²) in [5, 5.41) is 10.7. The van der Waals surface area contributed by atoms with Gasteiger partial charge in [0.15, 0.2) is 11.5 Å². The van der Waals surface area contributed by atoms with Crippen LogP contribution in [0, 0.1) is 0 Å². The van der Waals surface area contributed by atoms with Gasteiger partial charge < -0.3 is 10.0 Å². The van der Waals surface area contributed by atoms with Crippen LogP contribution in [-0.2, 0) is 7.05 Å². The molecule has 0 saturated carbocycles. The number of halogens is 1. The van der Waals surface area contributed by atoms with E-state index in [0.29, 0.717) is 28.1 Å². The Morgan fingerprint density at radius 2 is 2.12 bits per heavy atom. The Morgan fingerprint density at radius 1 is 1.40 bits per heavy atom. The number of hydrogen-bond donors (Lipinski definition) is 2. The number of aliphatic hydroxyl groups excluding tert-OH is 1. The molecule has 0 spiro atoms. The molecule has 1 unspecified atom stereocenters. The lowest BCUT2D eigenvalue weighted by Gasteiger charge is -2.30. The fraction of sp³-hybridized carbons (Fsp3) is 0.312. The van der Waals surface area contributed by atoms with Gasteiger partial charge in [-0.05, 0) is 19.1 Å². The van der Waals surface area contributed by atoms with Crippen molar-refractivity contribution in [3.8, 4) is 0 Å². The summed E-state index contributed by atoms with van der Waals surface area (Å²) in [6.45, 7) is 2.02. The van der Waals surface area contributed by atoms with Crippen molar-refractivity contribution in [2.24, 2.45) is 12.0 Å². The molecule has 3 rings (SSSR count). The number of para-hydroxylation sites is 1. The molecule has 0 aliphatic carbocycles. The molecule has 0 amide bonds. The minimum absolute atomic E-state index is 0.271. The van der Waals surface area contributed by atoms with Crippen molar-refractivity contribution in [2.75, 3.05) is 17.2 Å². The lowest BCUT2D eigenvalue weighted by atomic mass is 10.2. The molecule has 9 heteroatoms. The number of aromatic amines is 1. The number of rotatable bonds is 3. The third-order valence-electron chi connectivity index (χ3n) is 3.70. The summed E-state index contributed by atoms with van der Waals surface area (Å²) >= 11 is 7.69. The van der Waals surface area contributed by atoms with Gasteiger partial charge in [0.1, 0.15) is 0 Å². The van der Waals surface area contributed by atoms with E-state index in [-0.39, 0.29) is 11.5 Å². The topological polar surface area (TPSA) is 90.7 Å². The monoisotopic (exact) mass is 380 g/mol. The Balaban J connectivity index is 2.18. The molecule has 0 radical (unpaired) electrons. The van der Waals surface area contributed by atoms with Crippen molar-refractivity contribution in [3.05, 3.63) is 50.1 Å². The highest BCUT2D eigenvalue weighted by Crippen LogP contribution is 2.37. The molecule has 2 heterocycles. The summed E-state index contributed by atoms with van der Waals surface area (Å²) in [6, 6.07) is 7.17. The van der Waals surface area contributed by atoms with Gasteiger partial charge in [-0.25, -0.2) is 9.79 Å². The molecule has 1 aromatic carbocycles. The standard InChI is InChI=1S/C16H17ClN4O3S/c1-9(22)8-25-12-7-21(11-6-4-3-5-10(11)17)13-14(18-12)20(2)16(24)19-15(13)23/h3-6,9,22H,7-8H2,1-2H3,(H,19,23,24). The van der Waals surface area contributed by atoms with E-state index >= 15 is 0 Å². The molecule has 25 heavy (non-hydrogen) atoms. The Labute approximate surface area is 153 Å². The van der Waals surface area contributed by atoms with E-state index in [1.54, 1.807) is 37.1 Å². The smallest absolute Gasteiger partial charge is 0.329 e. The van der Waals surface area contributed by atoms with Gasteiger partial charge >= 0.3 is 5.69 Å². The summed E-state index contributed by atoms with van der Waals surface area (Å²) in [5.41, 5.74) is -0.119. The summed E-state index contributed by atoms with van der Waals surface area (Å²) in [4.78, 5) is 32.9. The van der Waals surface area contributed by atoms with Crippen LogP contribution in [0.1, 0.15) is 6.92 Å². The first-order valence-electron chi connectivity index (χ1n) is 7.62. The number of nitrogens with one attached hydrogen (secondary N) is 1. The summed E-state index contributed by atoms with van der Waals surface area (Å²) in [6.07, 6.45) is -0.495. The summed E-state index contributed by atoms with van der Waals surface area (Å²) in [7, 11) is 1.55. The van der Waals surface area contributed by atoms with Gasteiger partial charge in [0.05, 0.1) is 28.4 Å². The first-order chi connectivity index (χ1) is 11.9. The van der Waals surface area contributed by atoms with Crippen molar-refractivity contribution in [3.63, 3.8) is 0 Å². The van der Waals surface area contributed by atoms with Crippen molar-refractivity contribution in [2.45, 2.75) is 13.0 Å². The fourth-order valence-corrected chi connectivity index (χ4v) is 3.55. The third kappa shape index (κ3) is 3.51. The van der Waals surface area contributed by atoms with Crippen LogP contribution in [-0.4, -0.2) is 38.1 Å². The predicted molar refractivity (Wildman–Crippen MR) is 102 cm³/mol. The highest BCUT2D eigenvalue weighted by molar-refractivity contribution is 8.14. The van der Waals surface area contributed by atoms with E-state index in [4.69, 9.17) is 11.6 Å². The summed E-state index contributed by atoms with van der Waals surface area (Å²) in [5.74, 6) is 0.731. The van der Waals surface area contributed by atoms with Crippen LogP contribution in [0.25, 0.3) is 0 Å². The predicted octanol–water partition coefficient (Wildman–Crippen LogP) is 2.02. The highest BCUT2D eigenvalue weighted by Gasteiger charge is 2.28. The van der Waals surface area contributed by atoms with Crippen LogP contribution in [0.5, 0.6) is 0 Å². The molecule has 0 bridgehead atoms. The molecular weight excluding hydrogens is 364 g/mol. The number of thioether (sulfide) groups is 1. The Morgan fingerprint density at radius 3 is 2.80 bits per heavy atom. The van der Waals surface area contributed by atoms with Crippen LogP contribution in [0.3, 0.4) is 0 Å². The Bertz CT molecular complexity index is 951. The zero-order chi connectivity index (χ0) is 18.1. The van der Waals surface area contributed by atoms with Crippen LogP contribution in [0.4, 0.5) is 17.2 Å². The molecule has 7 nitrogen and oxygen atoms in total. The SMILES string of the molecule is CC(O)CSC1=Nc2c(c(=O)[nH]c(=O)n2C)N(c2ccccc2Cl)C1. The normalized spacial score (nSPS) is 14.9. The van der Waals surface area contributed by atoms with Crippen LogP contribution in [0.15, 0.2) is 38.8 Å². The quantitative estimate of drug-likeness (QED) is 0.850. The average molecular weight is 381 g/mol. The maximum atomic E-state index is 12.4. The zero-order valence-electron chi connectivity index (χ0n) is 13.7. The van der Waals surface area contributed by atoms with Gasteiger partial charge in [-0.1, -0.05) is 23.7 Å². The highest BCUT2D eigenvalue weighted by atomic mass is 35.5. The molecule has 1 aliphatic heterocycles. The third-order valence-corrected chi connectivity index (χ3v) is 5.22. The molecule has 2 N–H and O–H groups in total. The number of benzene rings is 1. The second-order valence-electron chi connectivity index (χ2n) is 5.69. The van der Waals surface area contributed by atoms with Crippen LogP contribution < -0.4 is 16.1 Å². The van der Waals surface area contributed by atoms with Gasteiger partial charge in [-0.15, -0.1) is 11.8 Å². The number of aliphatic hydroxyl groups is 1. The fourth-order valence-electron chi connectivity index (χ4n) is 2.51. The number of aliphatic imine (C=N–C) groups is 1. The molecule has 1 atom stereocenters. The second kappa shape index (κ2) is 7.07. The number of hydrogen-bond acceptors (Lipinski definition) is 6. The lowest BCUT2D eigenvalue weighted by Crippen LogP contribution is -2.38. The van der Waals surface area contributed by atoms with Crippen molar-refractivity contribution >= 4 is 45.6 Å². The maximum Gasteiger partial charge on any atom is 0.329 e. The number of fused-ring (bicyclic) bond motifs is 1. The van der Waals surface area contributed by atoms with E-state index in [2.05, 4.69) is 9.98 Å². The average Bonchev–Trinajstić information content (AvgIpc) is 2.57. The van der Waals surface area contributed by atoms with Crippen molar-refractivity contribution in [1.82, 2.24) is 9.55 Å². The van der Waals surface area contributed by atoms with E-state index in [1.807, 2.05) is 6.07 Å². The van der Waals surface area contributed by atoms with Crippen LogP contribution >= 0.6 is 23.4 Å². The maximum absolute atomic E-state index is 12.4. The van der Waals surface area contributed by atoms with Gasteiger partial charge in [0.2, 0.25) is 0 Å². The number of anilines is 2. The summed E-state index contributed by atoms with van der Waals surface area (Å²) < 4.78 is 1.29. The number of H-pyrrole nitrogens is 1. The molecule has 1 aliphatic rings. The first kappa shape index (κ1) is 17.8. The molecular formula is C16H17ClN4O3S. The Hall–Kier alpha value is -2.03. The second-order valence-corrected chi connectivity index (χ2v) is 7.19. The molecule has 0 saturated heterocycles. The molecule has 2 aromatic rings. The minimum Gasteiger partial charge on any atom is -0.393 e. The lowest BCUT2D eigenvalue weighted by molar-refractivity contribution is 0.220. The van der Waals surface area contributed by atoms with E-state index < -0.39 is 17.4 Å². The van der Waals surface area contributed by atoms with Gasteiger partial charge in [0.25, 0.3) is 5.56 Å². The molecule has 0 fully saturated rings. The largest absolute Gasteiger partial charge is 0.393 e. The van der Waals surface area contributed by atoms with Crippen molar-refractivity contribution < 1.29 is 5.11 Å². The Kier molecular flexibility index (Phi) is 5.03. The zero-order valence-corrected chi connectivity index (χ0v) is 15.3. The van der Waals surface area contributed by atoms with Gasteiger partial charge in [-0.2, -0.15) is 0 Å². The number of aromatic nitrogens is 2. The van der Waals surface area contributed by atoms with E-state index in [0.717, 1.165) is 0 Å². The van der Waals surface area contributed by atoms with Crippen LogP contribution in [0.2, 0.25) is 5.02 Å². The molecule has 132 valence electrons. The minimum atomic E-state index is -0.534. The van der Waals surface area contributed by atoms with Gasteiger partial charge in [-0.3, -0.25) is 14.3 Å². The van der Waals surface area contributed by atoms with E-state index in [9.17, 15) is 14.7 Å². The van der Waals surface area contributed by atoms with E-state index in [1.165, 1.54) is 16.3 Å². The molecule has 1 aromatic heterocycles.